The number of Topliss-reactive ketones (excluding diaryl/α,β-unsaturated/α-hetero) is 1. The number of aliphatic hydroxyl groups is 1. The first-order valence-corrected chi connectivity index (χ1v) is 17.1. The predicted octanol–water partition coefficient (Wildman–Crippen LogP) is 6.40. The van der Waals surface area contributed by atoms with Gasteiger partial charge in [-0.05, 0) is 79.6 Å². The molecule has 0 radical (unpaired) electrons. The molecule has 3 N–H and O–H groups in total. The second kappa shape index (κ2) is 18.6. The van der Waals surface area contributed by atoms with Gasteiger partial charge in [-0.1, -0.05) is 73.9 Å². The van der Waals surface area contributed by atoms with E-state index in [1.807, 2.05) is 66.7 Å². The Balaban J connectivity index is 1.45. The quantitative estimate of drug-likeness (QED) is 0.108. The molecular formula is C39H52N2O6. The summed E-state index contributed by atoms with van der Waals surface area (Å²) < 4.78 is 18.0. The standard InChI is InChI=1S/C39H52N2O6/c1-45-36-22-18-31(19-23-36)39(30-13-7-5-8-14-30,32-20-24-37(46-2)25-21-32)47-29-33-27-35(43)28-41(33)38(44)17-11-4-3-9-15-34(42)16-10-6-12-26-40/h5,7-8,13-14,18-25,33,35,43H,3-4,6,9-12,15-17,26-29,40H2,1-2H3/t33-,35?/m0/s1. The number of benzene rings is 3. The van der Waals surface area contributed by atoms with Crippen LogP contribution in [0.4, 0.5) is 0 Å². The number of ether oxygens (including phenoxy) is 3. The Morgan fingerprint density at radius 1 is 0.745 bits per heavy atom. The molecule has 0 saturated carbocycles. The minimum atomic E-state index is -0.996. The number of carbonyl (C=O) groups excluding carboxylic acids is 2. The number of unbranched alkanes of at least 4 members (excludes halogenated alkanes) is 5. The number of rotatable bonds is 20. The van der Waals surface area contributed by atoms with Gasteiger partial charge in [0.1, 0.15) is 22.9 Å². The molecule has 0 bridgehead atoms. The van der Waals surface area contributed by atoms with Gasteiger partial charge < -0.3 is 30.0 Å². The van der Waals surface area contributed by atoms with Crippen LogP contribution in [-0.2, 0) is 19.9 Å². The average Bonchev–Trinajstić information content (AvgIpc) is 3.49. The molecule has 1 amide bonds. The Hall–Kier alpha value is -3.72. The predicted molar refractivity (Wildman–Crippen MR) is 185 cm³/mol. The number of β-amino-alcohol motifs (C(OH)–C–C–N with tert-alkyl or cyclic N) is 1. The van der Waals surface area contributed by atoms with Gasteiger partial charge >= 0.3 is 0 Å². The molecule has 1 aliphatic rings. The zero-order chi connectivity index (χ0) is 33.5. The Morgan fingerprint density at radius 2 is 1.26 bits per heavy atom. The summed E-state index contributed by atoms with van der Waals surface area (Å²) in [5.41, 5.74) is 7.31. The van der Waals surface area contributed by atoms with Gasteiger partial charge in [0.2, 0.25) is 5.91 Å². The molecule has 3 aromatic carbocycles. The summed E-state index contributed by atoms with van der Waals surface area (Å²) in [6, 6.07) is 25.6. The zero-order valence-corrected chi connectivity index (χ0v) is 28.1. The van der Waals surface area contributed by atoms with Gasteiger partial charge in [-0.15, -0.1) is 0 Å². The summed E-state index contributed by atoms with van der Waals surface area (Å²) in [5.74, 6) is 1.84. The minimum absolute atomic E-state index is 0.0327. The van der Waals surface area contributed by atoms with Crippen LogP contribution in [0.15, 0.2) is 78.9 Å². The highest BCUT2D eigenvalue weighted by Crippen LogP contribution is 2.42. The largest absolute Gasteiger partial charge is 0.497 e. The number of hydrogen-bond donors (Lipinski definition) is 2. The van der Waals surface area contributed by atoms with Crippen LogP contribution in [0.3, 0.4) is 0 Å². The number of likely N-dealkylation sites (tertiary alicyclic amines) is 1. The second-order valence-corrected chi connectivity index (χ2v) is 12.5. The first-order valence-electron chi connectivity index (χ1n) is 17.1. The molecule has 8 heteroatoms. The zero-order valence-electron chi connectivity index (χ0n) is 28.1. The van der Waals surface area contributed by atoms with E-state index in [0.29, 0.717) is 44.6 Å². The fourth-order valence-corrected chi connectivity index (χ4v) is 6.51. The molecule has 1 heterocycles. The molecule has 8 nitrogen and oxygen atoms in total. The number of nitrogens with two attached hydrogens (primary N) is 1. The number of hydrogen-bond acceptors (Lipinski definition) is 7. The number of aliphatic hydroxyl groups excluding tert-OH is 1. The number of carbonyl (C=O) groups is 2. The lowest BCUT2D eigenvalue weighted by atomic mass is 9.80. The van der Waals surface area contributed by atoms with Gasteiger partial charge in [-0.2, -0.15) is 0 Å². The number of amides is 1. The monoisotopic (exact) mass is 644 g/mol. The third-order valence-corrected chi connectivity index (χ3v) is 9.13. The Labute approximate surface area is 280 Å². The highest BCUT2D eigenvalue weighted by atomic mass is 16.5. The van der Waals surface area contributed by atoms with E-state index < -0.39 is 11.7 Å². The third kappa shape index (κ3) is 9.89. The van der Waals surface area contributed by atoms with E-state index in [4.69, 9.17) is 19.9 Å². The van der Waals surface area contributed by atoms with Crippen LogP contribution >= 0.6 is 0 Å². The molecule has 0 aromatic heterocycles. The maximum absolute atomic E-state index is 13.5. The van der Waals surface area contributed by atoms with Crippen LogP contribution in [0.1, 0.15) is 87.3 Å². The van der Waals surface area contributed by atoms with E-state index in [-0.39, 0.29) is 18.6 Å². The molecule has 1 fully saturated rings. The average molecular weight is 645 g/mol. The van der Waals surface area contributed by atoms with Crippen molar-refractivity contribution >= 4 is 11.7 Å². The molecule has 1 aliphatic heterocycles. The Bertz CT molecular complexity index is 1310. The molecule has 254 valence electrons. The van der Waals surface area contributed by atoms with Crippen LogP contribution in [0.2, 0.25) is 0 Å². The van der Waals surface area contributed by atoms with Crippen molar-refractivity contribution in [2.45, 2.75) is 88.4 Å². The fraction of sp³-hybridized carbons (Fsp3) is 0.487. The molecule has 47 heavy (non-hydrogen) atoms. The number of ketones is 1. The van der Waals surface area contributed by atoms with E-state index in [2.05, 4.69) is 12.1 Å². The van der Waals surface area contributed by atoms with Gasteiger partial charge in [-0.3, -0.25) is 9.59 Å². The molecule has 0 aliphatic carbocycles. The van der Waals surface area contributed by atoms with Gasteiger partial charge in [-0.25, -0.2) is 0 Å². The lowest BCUT2D eigenvalue weighted by Gasteiger charge is -2.38. The van der Waals surface area contributed by atoms with E-state index >= 15 is 0 Å². The van der Waals surface area contributed by atoms with Crippen molar-refractivity contribution in [3.63, 3.8) is 0 Å². The number of methoxy groups -OCH3 is 2. The summed E-state index contributed by atoms with van der Waals surface area (Å²) in [6.45, 7) is 1.22. The van der Waals surface area contributed by atoms with Crippen LogP contribution in [0.5, 0.6) is 11.5 Å². The topological polar surface area (TPSA) is 111 Å². The van der Waals surface area contributed by atoms with Crippen molar-refractivity contribution in [3.05, 3.63) is 95.6 Å². The third-order valence-electron chi connectivity index (χ3n) is 9.13. The summed E-state index contributed by atoms with van der Waals surface area (Å²) in [5, 5.41) is 10.7. The maximum Gasteiger partial charge on any atom is 0.222 e. The van der Waals surface area contributed by atoms with Gasteiger partial charge in [0.05, 0.1) is 33.0 Å². The first kappa shape index (κ1) is 36.1. The van der Waals surface area contributed by atoms with E-state index in [0.717, 1.165) is 73.1 Å². The second-order valence-electron chi connectivity index (χ2n) is 12.5. The highest BCUT2D eigenvalue weighted by molar-refractivity contribution is 5.78. The molecule has 3 aromatic rings. The van der Waals surface area contributed by atoms with E-state index in [9.17, 15) is 14.7 Å². The summed E-state index contributed by atoms with van der Waals surface area (Å²) in [4.78, 5) is 27.4. The summed E-state index contributed by atoms with van der Waals surface area (Å²) in [6.07, 6.45) is 7.88. The molecule has 1 unspecified atom stereocenters. The molecule has 1 saturated heterocycles. The van der Waals surface area contributed by atoms with Gasteiger partial charge in [0.15, 0.2) is 0 Å². The minimum Gasteiger partial charge on any atom is -0.497 e. The van der Waals surface area contributed by atoms with Crippen LogP contribution < -0.4 is 15.2 Å². The van der Waals surface area contributed by atoms with Gasteiger partial charge in [0.25, 0.3) is 0 Å². The highest BCUT2D eigenvalue weighted by Gasteiger charge is 2.41. The number of nitrogens with zero attached hydrogens (tertiary/aromatic N) is 1. The van der Waals surface area contributed by atoms with E-state index in [1.165, 1.54) is 0 Å². The van der Waals surface area contributed by atoms with Gasteiger partial charge in [0, 0.05) is 25.8 Å². The van der Waals surface area contributed by atoms with Crippen molar-refractivity contribution in [1.29, 1.82) is 0 Å². The summed E-state index contributed by atoms with van der Waals surface area (Å²) in [7, 11) is 3.29. The molecular weight excluding hydrogens is 592 g/mol. The molecule has 2 atom stereocenters. The van der Waals surface area contributed by atoms with E-state index in [1.54, 1.807) is 19.1 Å². The lowest BCUT2D eigenvalue weighted by Crippen LogP contribution is -2.42. The van der Waals surface area contributed by atoms with Crippen LogP contribution in [0, 0.1) is 0 Å². The SMILES string of the molecule is COc1ccc(C(OC[C@@H]2CC(O)CN2C(=O)CCCCCCC(=O)CCCCCN)(c2ccccc2)c2ccc(OC)cc2)cc1. The normalized spacial score (nSPS) is 16.3. The van der Waals surface area contributed by atoms with Crippen molar-refractivity contribution in [2.75, 3.05) is 33.9 Å². The Morgan fingerprint density at radius 3 is 1.79 bits per heavy atom. The fourth-order valence-electron chi connectivity index (χ4n) is 6.51. The van der Waals surface area contributed by atoms with Crippen LogP contribution in [-0.4, -0.2) is 67.8 Å². The maximum atomic E-state index is 13.5. The van der Waals surface area contributed by atoms with Crippen LogP contribution in [0.25, 0.3) is 0 Å². The summed E-state index contributed by atoms with van der Waals surface area (Å²) >= 11 is 0. The van der Waals surface area contributed by atoms with Crippen molar-refractivity contribution < 1.29 is 28.9 Å². The first-order chi connectivity index (χ1) is 22.9. The van der Waals surface area contributed by atoms with Crippen molar-refractivity contribution in [1.82, 2.24) is 4.90 Å². The molecule has 4 rings (SSSR count). The molecule has 0 spiro atoms. The Kier molecular flexibility index (Phi) is 14.3. The van der Waals surface area contributed by atoms with Crippen molar-refractivity contribution in [2.24, 2.45) is 5.73 Å². The smallest absolute Gasteiger partial charge is 0.222 e. The van der Waals surface area contributed by atoms with Crippen molar-refractivity contribution in [3.8, 4) is 11.5 Å². The lowest BCUT2D eigenvalue weighted by molar-refractivity contribution is -0.134.